The van der Waals surface area contributed by atoms with Crippen molar-refractivity contribution in [3.05, 3.63) is 35.9 Å². The van der Waals surface area contributed by atoms with Gasteiger partial charge in [-0.1, -0.05) is 37.3 Å². The minimum Gasteiger partial charge on any atom is -0.351 e. The molecule has 112 valence electrons. The maximum atomic E-state index is 11.6. The number of hydrogen-bond donors (Lipinski definition) is 2. The summed E-state index contributed by atoms with van der Waals surface area (Å²) in [5.41, 5.74) is 1.03. The number of nitrogens with one attached hydrogen (secondary N) is 2. The van der Waals surface area contributed by atoms with Gasteiger partial charge in [0.1, 0.15) is 0 Å². The Hall–Kier alpha value is -1.40. The number of rotatable bonds is 8. The lowest BCUT2D eigenvalue weighted by Gasteiger charge is -2.13. The molecule has 1 aromatic rings. The predicted octanol–water partition coefficient (Wildman–Crippen LogP) is 0.716. The molecule has 0 saturated carbocycles. The summed E-state index contributed by atoms with van der Waals surface area (Å²) in [6.07, 6.45) is 0. The zero-order valence-electron chi connectivity index (χ0n) is 11.9. The number of amides is 1. The fraction of sp³-hybridized carbons (Fsp3) is 0.500. The van der Waals surface area contributed by atoms with Gasteiger partial charge in [-0.2, -0.15) is 0 Å². The molecule has 0 radical (unpaired) electrons. The Bertz CT molecular complexity index is 514. The number of hydrogen-bond acceptors (Lipinski definition) is 4. The van der Waals surface area contributed by atoms with Crippen molar-refractivity contribution in [2.75, 3.05) is 18.1 Å². The normalized spacial score (nSPS) is 12.9. The highest BCUT2D eigenvalue weighted by Crippen LogP contribution is 1.97. The molecule has 0 aliphatic rings. The number of sulfone groups is 1. The SMILES string of the molecule is CCS(=O)(=O)CC(C)NCC(=O)NCc1ccccc1. The van der Waals surface area contributed by atoms with E-state index in [1.165, 1.54) is 0 Å². The van der Waals surface area contributed by atoms with Crippen LogP contribution in [0.3, 0.4) is 0 Å². The topological polar surface area (TPSA) is 75.3 Å². The van der Waals surface area contributed by atoms with E-state index in [1.807, 2.05) is 30.3 Å². The molecule has 0 aromatic heterocycles. The smallest absolute Gasteiger partial charge is 0.234 e. The first kappa shape index (κ1) is 16.7. The van der Waals surface area contributed by atoms with E-state index in [0.29, 0.717) is 6.54 Å². The molecule has 0 saturated heterocycles. The monoisotopic (exact) mass is 298 g/mol. The maximum absolute atomic E-state index is 11.6. The summed E-state index contributed by atoms with van der Waals surface area (Å²) in [6.45, 7) is 3.97. The van der Waals surface area contributed by atoms with Gasteiger partial charge in [-0.15, -0.1) is 0 Å². The van der Waals surface area contributed by atoms with E-state index in [4.69, 9.17) is 0 Å². The molecule has 0 fully saturated rings. The summed E-state index contributed by atoms with van der Waals surface area (Å²) >= 11 is 0. The van der Waals surface area contributed by atoms with E-state index in [-0.39, 0.29) is 30.0 Å². The van der Waals surface area contributed by atoms with Gasteiger partial charge >= 0.3 is 0 Å². The Morgan fingerprint density at radius 3 is 2.50 bits per heavy atom. The molecule has 20 heavy (non-hydrogen) atoms. The highest BCUT2D eigenvalue weighted by Gasteiger charge is 2.14. The van der Waals surface area contributed by atoms with E-state index in [9.17, 15) is 13.2 Å². The Morgan fingerprint density at radius 1 is 1.25 bits per heavy atom. The van der Waals surface area contributed by atoms with Crippen LogP contribution in [0.15, 0.2) is 30.3 Å². The zero-order valence-corrected chi connectivity index (χ0v) is 12.7. The van der Waals surface area contributed by atoms with Crippen molar-refractivity contribution in [1.29, 1.82) is 0 Å². The number of carbonyl (C=O) groups is 1. The van der Waals surface area contributed by atoms with Crippen molar-refractivity contribution in [3.8, 4) is 0 Å². The lowest BCUT2D eigenvalue weighted by atomic mass is 10.2. The van der Waals surface area contributed by atoms with Crippen molar-refractivity contribution in [3.63, 3.8) is 0 Å². The van der Waals surface area contributed by atoms with Gasteiger partial charge in [-0.3, -0.25) is 4.79 Å². The van der Waals surface area contributed by atoms with Gasteiger partial charge in [0.05, 0.1) is 12.3 Å². The van der Waals surface area contributed by atoms with E-state index < -0.39 is 9.84 Å². The van der Waals surface area contributed by atoms with Crippen LogP contribution in [-0.2, 0) is 21.2 Å². The van der Waals surface area contributed by atoms with Crippen LogP contribution < -0.4 is 10.6 Å². The molecule has 0 heterocycles. The molecule has 6 heteroatoms. The summed E-state index contributed by atoms with van der Waals surface area (Å²) in [5, 5.41) is 5.70. The molecule has 2 N–H and O–H groups in total. The van der Waals surface area contributed by atoms with Gasteiger partial charge < -0.3 is 10.6 Å². The molecule has 1 unspecified atom stereocenters. The van der Waals surface area contributed by atoms with Crippen molar-refractivity contribution in [2.45, 2.75) is 26.4 Å². The Labute approximate surface area is 120 Å². The van der Waals surface area contributed by atoms with Crippen molar-refractivity contribution < 1.29 is 13.2 Å². The van der Waals surface area contributed by atoms with Crippen LogP contribution in [0.25, 0.3) is 0 Å². The van der Waals surface area contributed by atoms with E-state index in [0.717, 1.165) is 5.56 Å². The van der Waals surface area contributed by atoms with Crippen LogP contribution in [-0.4, -0.2) is 38.4 Å². The lowest BCUT2D eigenvalue weighted by Crippen LogP contribution is -2.40. The summed E-state index contributed by atoms with van der Waals surface area (Å²) in [6, 6.07) is 9.38. The zero-order chi connectivity index (χ0) is 15.0. The number of carbonyl (C=O) groups excluding carboxylic acids is 1. The minimum atomic E-state index is -3.02. The average Bonchev–Trinajstić information content (AvgIpc) is 2.43. The molecular formula is C14H22N2O3S. The predicted molar refractivity (Wildman–Crippen MR) is 80.1 cm³/mol. The Morgan fingerprint density at radius 2 is 1.90 bits per heavy atom. The van der Waals surface area contributed by atoms with Gasteiger partial charge in [0.2, 0.25) is 5.91 Å². The largest absolute Gasteiger partial charge is 0.351 e. The molecule has 0 aliphatic carbocycles. The molecule has 1 aromatic carbocycles. The fourth-order valence-electron chi connectivity index (χ4n) is 1.68. The summed E-state index contributed by atoms with van der Waals surface area (Å²) in [7, 11) is -3.02. The molecule has 1 rings (SSSR count). The average molecular weight is 298 g/mol. The summed E-state index contributed by atoms with van der Waals surface area (Å²) < 4.78 is 22.8. The first-order valence-corrected chi connectivity index (χ1v) is 8.49. The molecular weight excluding hydrogens is 276 g/mol. The Kier molecular flexibility index (Phi) is 6.67. The van der Waals surface area contributed by atoms with Crippen LogP contribution in [0.2, 0.25) is 0 Å². The van der Waals surface area contributed by atoms with Gasteiger partial charge in [0, 0.05) is 18.3 Å². The molecule has 0 aliphatic heterocycles. The van der Waals surface area contributed by atoms with Crippen molar-refractivity contribution in [2.24, 2.45) is 0 Å². The van der Waals surface area contributed by atoms with Gasteiger partial charge in [-0.05, 0) is 12.5 Å². The van der Waals surface area contributed by atoms with Crippen molar-refractivity contribution in [1.82, 2.24) is 10.6 Å². The van der Waals surface area contributed by atoms with Crippen LogP contribution in [0.5, 0.6) is 0 Å². The second-order valence-electron chi connectivity index (χ2n) is 4.74. The third-order valence-corrected chi connectivity index (χ3v) is 4.77. The minimum absolute atomic E-state index is 0.0511. The standard InChI is InChI=1S/C14H22N2O3S/c1-3-20(18,19)11-12(2)15-10-14(17)16-9-13-7-5-4-6-8-13/h4-8,12,15H,3,9-11H2,1-2H3,(H,16,17). The van der Waals surface area contributed by atoms with Crippen LogP contribution in [0.1, 0.15) is 19.4 Å². The first-order chi connectivity index (χ1) is 9.43. The second kappa shape index (κ2) is 8.01. The van der Waals surface area contributed by atoms with E-state index >= 15 is 0 Å². The van der Waals surface area contributed by atoms with Crippen LogP contribution in [0.4, 0.5) is 0 Å². The molecule has 1 atom stereocenters. The van der Waals surface area contributed by atoms with Gasteiger partial charge in [-0.25, -0.2) is 8.42 Å². The highest BCUT2D eigenvalue weighted by molar-refractivity contribution is 7.91. The molecule has 5 nitrogen and oxygen atoms in total. The van der Waals surface area contributed by atoms with Crippen LogP contribution in [0, 0.1) is 0 Å². The Balaban J connectivity index is 2.26. The number of benzene rings is 1. The highest BCUT2D eigenvalue weighted by atomic mass is 32.2. The summed E-state index contributed by atoms with van der Waals surface area (Å²) in [4.78, 5) is 11.6. The maximum Gasteiger partial charge on any atom is 0.234 e. The lowest BCUT2D eigenvalue weighted by molar-refractivity contribution is -0.120. The first-order valence-electron chi connectivity index (χ1n) is 6.67. The van der Waals surface area contributed by atoms with Crippen molar-refractivity contribution >= 4 is 15.7 Å². The third-order valence-electron chi connectivity index (χ3n) is 2.89. The second-order valence-corrected chi connectivity index (χ2v) is 7.14. The van der Waals surface area contributed by atoms with Crippen LogP contribution >= 0.6 is 0 Å². The molecule has 1 amide bonds. The van der Waals surface area contributed by atoms with Gasteiger partial charge in [0.25, 0.3) is 0 Å². The quantitative estimate of drug-likeness (QED) is 0.741. The van der Waals surface area contributed by atoms with E-state index in [2.05, 4.69) is 10.6 Å². The molecule has 0 spiro atoms. The molecule has 0 bridgehead atoms. The van der Waals surface area contributed by atoms with Gasteiger partial charge in [0.15, 0.2) is 9.84 Å². The fourth-order valence-corrected chi connectivity index (χ4v) is 2.80. The summed E-state index contributed by atoms with van der Waals surface area (Å²) in [5.74, 6) is 0.0314. The van der Waals surface area contributed by atoms with E-state index in [1.54, 1.807) is 13.8 Å². The third kappa shape index (κ3) is 6.68.